The first-order chi connectivity index (χ1) is 10.1. The first-order valence-corrected chi connectivity index (χ1v) is 6.85. The number of fused-ring (bicyclic) bond motifs is 3. The van der Waals surface area contributed by atoms with Crippen LogP contribution in [-0.2, 0) is 0 Å². The van der Waals surface area contributed by atoms with Gasteiger partial charge in [-0.1, -0.05) is 17.7 Å². The molecule has 0 fully saturated rings. The average Bonchev–Trinajstić information content (AvgIpc) is 3.03. The number of halogens is 1. The van der Waals surface area contributed by atoms with Crippen molar-refractivity contribution in [1.82, 2.24) is 29.6 Å². The summed E-state index contributed by atoms with van der Waals surface area (Å²) in [6.07, 6.45) is 1.58. The SMILES string of the molecule is Cc1nn2cnnc2c2nn(-c3cccc(Cl)c3)c(C)c12. The summed E-state index contributed by atoms with van der Waals surface area (Å²) in [5, 5.41) is 18.8. The highest BCUT2D eigenvalue weighted by Crippen LogP contribution is 2.26. The van der Waals surface area contributed by atoms with E-state index in [-0.39, 0.29) is 0 Å². The summed E-state index contributed by atoms with van der Waals surface area (Å²) < 4.78 is 3.51. The molecule has 3 heterocycles. The Morgan fingerprint density at radius 1 is 1.14 bits per heavy atom. The van der Waals surface area contributed by atoms with Crippen molar-refractivity contribution in [2.45, 2.75) is 13.8 Å². The summed E-state index contributed by atoms with van der Waals surface area (Å²) in [6.45, 7) is 3.97. The molecule has 0 aliphatic rings. The van der Waals surface area contributed by atoms with Crippen LogP contribution in [0.25, 0.3) is 22.2 Å². The van der Waals surface area contributed by atoms with Gasteiger partial charge in [-0.2, -0.15) is 14.7 Å². The third-order valence-electron chi connectivity index (χ3n) is 3.53. The zero-order chi connectivity index (χ0) is 14.6. The molecular weight excluding hydrogens is 288 g/mol. The second kappa shape index (κ2) is 4.26. The fourth-order valence-electron chi connectivity index (χ4n) is 2.62. The highest BCUT2D eigenvalue weighted by atomic mass is 35.5. The van der Waals surface area contributed by atoms with Crippen molar-refractivity contribution in [2.75, 3.05) is 0 Å². The largest absolute Gasteiger partial charge is 0.237 e. The molecule has 104 valence electrons. The number of hydrogen-bond acceptors (Lipinski definition) is 4. The van der Waals surface area contributed by atoms with Crippen LogP contribution >= 0.6 is 11.6 Å². The van der Waals surface area contributed by atoms with Gasteiger partial charge in [0.2, 0.25) is 5.65 Å². The average molecular weight is 299 g/mol. The van der Waals surface area contributed by atoms with Crippen LogP contribution in [0.5, 0.6) is 0 Å². The molecule has 0 radical (unpaired) electrons. The molecule has 4 aromatic rings. The number of hydrogen-bond donors (Lipinski definition) is 0. The van der Waals surface area contributed by atoms with Gasteiger partial charge in [0.1, 0.15) is 11.8 Å². The van der Waals surface area contributed by atoms with Crippen LogP contribution < -0.4 is 0 Å². The molecule has 3 aromatic heterocycles. The van der Waals surface area contributed by atoms with E-state index in [4.69, 9.17) is 11.6 Å². The molecule has 0 unspecified atom stereocenters. The Labute approximate surface area is 125 Å². The van der Waals surface area contributed by atoms with Crippen molar-refractivity contribution in [3.8, 4) is 5.69 Å². The lowest BCUT2D eigenvalue weighted by atomic mass is 10.2. The van der Waals surface area contributed by atoms with Crippen LogP contribution in [0, 0.1) is 13.8 Å². The van der Waals surface area contributed by atoms with Crippen LogP contribution in [0.15, 0.2) is 30.6 Å². The Morgan fingerprint density at radius 2 is 2.00 bits per heavy atom. The van der Waals surface area contributed by atoms with Crippen LogP contribution in [0.1, 0.15) is 11.4 Å². The van der Waals surface area contributed by atoms with Crippen LogP contribution in [0.3, 0.4) is 0 Å². The van der Waals surface area contributed by atoms with Gasteiger partial charge in [0, 0.05) is 5.02 Å². The minimum Gasteiger partial charge on any atom is -0.237 e. The van der Waals surface area contributed by atoms with Gasteiger partial charge in [-0.05, 0) is 32.0 Å². The maximum absolute atomic E-state index is 6.07. The molecule has 0 saturated heterocycles. The molecule has 0 amide bonds. The van der Waals surface area contributed by atoms with Crippen molar-refractivity contribution in [3.05, 3.63) is 47.0 Å². The Balaban J connectivity index is 2.12. The zero-order valence-corrected chi connectivity index (χ0v) is 12.2. The predicted molar refractivity (Wildman–Crippen MR) is 79.9 cm³/mol. The lowest BCUT2D eigenvalue weighted by Crippen LogP contribution is -1.98. The van der Waals surface area contributed by atoms with Gasteiger partial charge in [-0.25, -0.2) is 4.68 Å². The van der Waals surface area contributed by atoms with E-state index in [0.29, 0.717) is 10.7 Å². The molecular formula is C14H11ClN6. The molecule has 7 heteroatoms. The van der Waals surface area contributed by atoms with Gasteiger partial charge >= 0.3 is 0 Å². The summed E-state index contributed by atoms with van der Waals surface area (Å²) in [7, 11) is 0. The first-order valence-electron chi connectivity index (χ1n) is 6.47. The maximum atomic E-state index is 6.07. The molecule has 0 saturated carbocycles. The number of aryl methyl sites for hydroxylation is 2. The van der Waals surface area contributed by atoms with E-state index in [1.54, 1.807) is 10.8 Å². The fraction of sp³-hybridized carbons (Fsp3) is 0.143. The quantitative estimate of drug-likeness (QED) is 0.542. The highest BCUT2D eigenvalue weighted by Gasteiger charge is 2.16. The summed E-state index contributed by atoms with van der Waals surface area (Å²) >= 11 is 6.07. The molecule has 4 rings (SSSR count). The second-order valence-corrected chi connectivity index (χ2v) is 5.32. The maximum Gasteiger partial charge on any atom is 0.205 e. The van der Waals surface area contributed by atoms with E-state index in [2.05, 4.69) is 20.4 Å². The molecule has 0 spiro atoms. The molecule has 0 aliphatic heterocycles. The predicted octanol–water partition coefficient (Wildman–Crippen LogP) is 2.73. The van der Waals surface area contributed by atoms with Crippen molar-refractivity contribution in [3.63, 3.8) is 0 Å². The summed E-state index contributed by atoms with van der Waals surface area (Å²) in [5.74, 6) is 0. The molecule has 0 bridgehead atoms. The minimum absolute atomic E-state index is 0.652. The topological polar surface area (TPSA) is 60.9 Å². The standard InChI is InChI=1S/C14H11ClN6/c1-8-12-9(2)21(11-5-3-4-10(15)6-11)19-13(12)14-17-16-7-20(14)18-8/h3-7H,1-2H3. The summed E-state index contributed by atoms with van der Waals surface area (Å²) in [5.41, 5.74) is 4.25. The Kier molecular flexibility index (Phi) is 2.49. The third-order valence-corrected chi connectivity index (χ3v) is 3.77. The number of nitrogens with zero attached hydrogens (tertiary/aromatic N) is 6. The Bertz CT molecular complexity index is 984. The Morgan fingerprint density at radius 3 is 2.81 bits per heavy atom. The van der Waals surface area contributed by atoms with E-state index in [0.717, 1.165) is 28.0 Å². The second-order valence-electron chi connectivity index (χ2n) is 4.89. The number of aromatic nitrogens is 6. The van der Waals surface area contributed by atoms with E-state index in [1.165, 1.54) is 0 Å². The van der Waals surface area contributed by atoms with Gasteiger partial charge < -0.3 is 0 Å². The smallest absolute Gasteiger partial charge is 0.205 e. The lowest BCUT2D eigenvalue weighted by Gasteiger charge is -2.04. The monoisotopic (exact) mass is 298 g/mol. The molecule has 0 atom stereocenters. The van der Waals surface area contributed by atoms with E-state index in [1.807, 2.05) is 42.8 Å². The Hall–Kier alpha value is -2.47. The zero-order valence-electron chi connectivity index (χ0n) is 11.4. The van der Waals surface area contributed by atoms with Crippen molar-refractivity contribution in [1.29, 1.82) is 0 Å². The van der Waals surface area contributed by atoms with Crippen molar-refractivity contribution in [2.24, 2.45) is 0 Å². The van der Waals surface area contributed by atoms with Gasteiger partial charge in [0.05, 0.1) is 22.5 Å². The minimum atomic E-state index is 0.652. The van der Waals surface area contributed by atoms with Gasteiger partial charge in [0.25, 0.3) is 0 Å². The van der Waals surface area contributed by atoms with Crippen LogP contribution in [0.4, 0.5) is 0 Å². The van der Waals surface area contributed by atoms with E-state index >= 15 is 0 Å². The normalized spacial score (nSPS) is 11.6. The van der Waals surface area contributed by atoms with Crippen molar-refractivity contribution >= 4 is 28.2 Å². The first kappa shape index (κ1) is 12.3. The number of rotatable bonds is 1. The van der Waals surface area contributed by atoms with E-state index in [9.17, 15) is 0 Å². The molecule has 0 aliphatic carbocycles. The van der Waals surface area contributed by atoms with E-state index < -0.39 is 0 Å². The van der Waals surface area contributed by atoms with Crippen LogP contribution in [0.2, 0.25) is 5.02 Å². The van der Waals surface area contributed by atoms with Gasteiger partial charge in [0.15, 0.2) is 0 Å². The third kappa shape index (κ3) is 1.72. The lowest BCUT2D eigenvalue weighted by molar-refractivity contribution is 0.860. The van der Waals surface area contributed by atoms with Crippen LogP contribution in [-0.4, -0.2) is 29.6 Å². The molecule has 6 nitrogen and oxygen atoms in total. The number of benzene rings is 1. The highest BCUT2D eigenvalue weighted by molar-refractivity contribution is 6.30. The summed E-state index contributed by atoms with van der Waals surface area (Å²) in [4.78, 5) is 0. The molecule has 21 heavy (non-hydrogen) atoms. The summed E-state index contributed by atoms with van der Waals surface area (Å²) in [6, 6.07) is 7.59. The van der Waals surface area contributed by atoms with Gasteiger partial charge in [-0.3, -0.25) is 0 Å². The molecule has 0 N–H and O–H groups in total. The fourth-order valence-corrected chi connectivity index (χ4v) is 2.81. The van der Waals surface area contributed by atoms with Crippen molar-refractivity contribution < 1.29 is 0 Å². The van der Waals surface area contributed by atoms with Gasteiger partial charge in [-0.15, -0.1) is 10.2 Å². The molecule has 1 aromatic carbocycles.